The lowest BCUT2D eigenvalue weighted by molar-refractivity contribution is -0.114. The summed E-state index contributed by atoms with van der Waals surface area (Å²) < 4.78 is 6.20. The van der Waals surface area contributed by atoms with Crippen LogP contribution in [0.5, 0.6) is 0 Å². The quantitative estimate of drug-likeness (QED) is 0.751. The standard InChI is InChI=1S/C21H28O2/c1-3-12-23-20-9-8-19-18-6-4-14-13-15(22)5-7-16(14)17(18)10-11-21(19,20)2/h10-11,13,18-20H,3-9,12H2,1-2H3/t18-,19+,20+,21+/m1/s1. The highest BCUT2D eigenvalue weighted by Gasteiger charge is 2.52. The van der Waals surface area contributed by atoms with Crippen molar-refractivity contribution < 1.29 is 9.53 Å². The molecule has 23 heavy (non-hydrogen) atoms. The SMILES string of the molecule is CCCO[C@H]1CC[C@H]2[C@@H]3CCC4=CC(=O)CCC4=C3C=C[C@]12C. The van der Waals surface area contributed by atoms with E-state index in [1.54, 1.807) is 5.57 Å². The van der Waals surface area contributed by atoms with Crippen LogP contribution < -0.4 is 0 Å². The Kier molecular flexibility index (Phi) is 3.84. The Hall–Kier alpha value is -1.15. The largest absolute Gasteiger partial charge is 0.377 e. The van der Waals surface area contributed by atoms with E-state index in [9.17, 15) is 4.79 Å². The molecule has 1 saturated carbocycles. The van der Waals surface area contributed by atoms with Crippen LogP contribution in [0.2, 0.25) is 0 Å². The monoisotopic (exact) mass is 312 g/mol. The Morgan fingerprint density at radius 1 is 1.22 bits per heavy atom. The van der Waals surface area contributed by atoms with Crippen molar-refractivity contribution in [2.45, 2.75) is 64.9 Å². The second-order valence-corrected chi connectivity index (χ2v) is 7.96. The molecule has 4 atom stereocenters. The Morgan fingerprint density at radius 3 is 2.91 bits per heavy atom. The topological polar surface area (TPSA) is 26.3 Å². The number of ether oxygens (including phenoxy) is 1. The molecule has 2 heteroatoms. The fourth-order valence-electron chi connectivity index (χ4n) is 5.50. The molecule has 0 radical (unpaired) electrons. The summed E-state index contributed by atoms with van der Waals surface area (Å²) in [4.78, 5) is 11.7. The predicted octanol–water partition coefficient (Wildman–Crippen LogP) is 4.76. The number of allylic oxidation sites excluding steroid dienone is 5. The van der Waals surface area contributed by atoms with E-state index in [2.05, 4.69) is 26.0 Å². The molecule has 0 saturated heterocycles. The Bertz CT molecular complexity index is 609. The van der Waals surface area contributed by atoms with Crippen molar-refractivity contribution in [2.75, 3.05) is 6.61 Å². The van der Waals surface area contributed by atoms with E-state index in [1.165, 1.54) is 30.4 Å². The fourth-order valence-corrected chi connectivity index (χ4v) is 5.50. The zero-order valence-corrected chi connectivity index (χ0v) is 14.4. The maximum atomic E-state index is 11.7. The minimum atomic E-state index is 0.204. The molecule has 0 aromatic carbocycles. The van der Waals surface area contributed by atoms with Gasteiger partial charge in [0.2, 0.25) is 0 Å². The number of carbonyl (C=O) groups is 1. The average molecular weight is 312 g/mol. The lowest BCUT2D eigenvalue weighted by Crippen LogP contribution is -2.40. The van der Waals surface area contributed by atoms with Gasteiger partial charge < -0.3 is 4.74 Å². The van der Waals surface area contributed by atoms with Gasteiger partial charge in [0.1, 0.15) is 0 Å². The van der Waals surface area contributed by atoms with Gasteiger partial charge in [0.25, 0.3) is 0 Å². The van der Waals surface area contributed by atoms with Crippen LogP contribution in [0.4, 0.5) is 0 Å². The molecule has 0 bridgehead atoms. The summed E-state index contributed by atoms with van der Waals surface area (Å²) in [5.41, 5.74) is 4.58. The first kappa shape index (κ1) is 15.4. The first-order chi connectivity index (χ1) is 11.1. The van der Waals surface area contributed by atoms with Crippen LogP contribution in [0.3, 0.4) is 0 Å². The number of hydrogen-bond donors (Lipinski definition) is 0. The van der Waals surface area contributed by atoms with Crippen molar-refractivity contribution in [3.05, 3.63) is 34.9 Å². The summed E-state index contributed by atoms with van der Waals surface area (Å²) in [5, 5.41) is 0. The van der Waals surface area contributed by atoms with Crippen LogP contribution in [0, 0.1) is 17.3 Å². The highest BCUT2D eigenvalue weighted by atomic mass is 16.5. The van der Waals surface area contributed by atoms with Crippen LogP contribution in [0.1, 0.15) is 58.8 Å². The highest BCUT2D eigenvalue weighted by molar-refractivity contribution is 5.93. The van der Waals surface area contributed by atoms with Gasteiger partial charge >= 0.3 is 0 Å². The molecule has 124 valence electrons. The van der Waals surface area contributed by atoms with E-state index < -0.39 is 0 Å². The number of fused-ring (bicyclic) bond motifs is 4. The van der Waals surface area contributed by atoms with Gasteiger partial charge in [0, 0.05) is 18.4 Å². The summed E-state index contributed by atoms with van der Waals surface area (Å²) in [6, 6.07) is 0. The van der Waals surface area contributed by atoms with Gasteiger partial charge in [-0.15, -0.1) is 0 Å². The third-order valence-corrected chi connectivity index (χ3v) is 6.68. The van der Waals surface area contributed by atoms with Crippen LogP contribution in [-0.2, 0) is 9.53 Å². The minimum Gasteiger partial charge on any atom is -0.377 e. The molecule has 0 N–H and O–H groups in total. The van der Waals surface area contributed by atoms with E-state index in [0.29, 0.717) is 24.2 Å². The van der Waals surface area contributed by atoms with Gasteiger partial charge in [-0.05, 0) is 73.2 Å². The molecular formula is C21H28O2. The van der Waals surface area contributed by atoms with E-state index in [0.717, 1.165) is 31.8 Å². The minimum absolute atomic E-state index is 0.204. The average Bonchev–Trinajstić information content (AvgIpc) is 2.89. The van der Waals surface area contributed by atoms with Crippen molar-refractivity contribution in [1.29, 1.82) is 0 Å². The summed E-state index contributed by atoms with van der Waals surface area (Å²) in [5.74, 6) is 1.72. The van der Waals surface area contributed by atoms with E-state index >= 15 is 0 Å². The van der Waals surface area contributed by atoms with Crippen LogP contribution >= 0.6 is 0 Å². The molecule has 4 aliphatic carbocycles. The van der Waals surface area contributed by atoms with Gasteiger partial charge in [-0.25, -0.2) is 0 Å². The van der Waals surface area contributed by atoms with Crippen LogP contribution in [0.15, 0.2) is 34.9 Å². The third-order valence-electron chi connectivity index (χ3n) is 6.68. The first-order valence-corrected chi connectivity index (χ1v) is 9.41. The Morgan fingerprint density at radius 2 is 2.09 bits per heavy atom. The number of ketones is 1. The molecule has 4 rings (SSSR count). The van der Waals surface area contributed by atoms with Gasteiger partial charge in [-0.2, -0.15) is 0 Å². The zero-order valence-electron chi connectivity index (χ0n) is 14.4. The molecule has 0 amide bonds. The summed E-state index contributed by atoms with van der Waals surface area (Å²) in [7, 11) is 0. The smallest absolute Gasteiger partial charge is 0.156 e. The number of rotatable bonds is 3. The molecule has 0 heterocycles. The molecule has 0 aromatic heterocycles. The van der Waals surface area contributed by atoms with Gasteiger partial charge in [-0.3, -0.25) is 4.79 Å². The Balaban J connectivity index is 1.69. The normalized spacial score (nSPS) is 39.0. The molecule has 2 nitrogen and oxygen atoms in total. The van der Waals surface area contributed by atoms with Crippen molar-refractivity contribution in [1.82, 2.24) is 0 Å². The molecule has 4 aliphatic rings. The molecule has 0 aliphatic heterocycles. The van der Waals surface area contributed by atoms with Gasteiger partial charge in [0.05, 0.1) is 6.10 Å². The van der Waals surface area contributed by atoms with Crippen molar-refractivity contribution in [3.8, 4) is 0 Å². The maximum Gasteiger partial charge on any atom is 0.156 e. The van der Waals surface area contributed by atoms with Crippen LogP contribution in [0.25, 0.3) is 0 Å². The first-order valence-electron chi connectivity index (χ1n) is 9.41. The molecule has 0 aromatic rings. The van der Waals surface area contributed by atoms with E-state index in [1.807, 2.05) is 6.08 Å². The van der Waals surface area contributed by atoms with Crippen molar-refractivity contribution >= 4 is 5.78 Å². The summed E-state index contributed by atoms with van der Waals surface area (Å²) >= 11 is 0. The lowest BCUT2D eigenvalue weighted by atomic mass is 9.60. The third kappa shape index (κ3) is 2.38. The van der Waals surface area contributed by atoms with Crippen LogP contribution in [-0.4, -0.2) is 18.5 Å². The molecule has 1 fully saturated rings. The summed E-state index contributed by atoms with van der Waals surface area (Å²) in [6.07, 6.45) is 14.7. The zero-order chi connectivity index (χ0) is 16.0. The van der Waals surface area contributed by atoms with Crippen molar-refractivity contribution in [3.63, 3.8) is 0 Å². The molecular weight excluding hydrogens is 284 g/mol. The van der Waals surface area contributed by atoms with Gasteiger partial charge in [-0.1, -0.05) is 26.0 Å². The molecule has 0 spiro atoms. The second-order valence-electron chi connectivity index (χ2n) is 7.96. The predicted molar refractivity (Wildman–Crippen MR) is 92.1 cm³/mol. The van der Waals surface area contributed by atoms with Crippen molar-refractivity contribution in [2.24, 2.45) is 17.3 Å². The lowest BCUT2D eigenvalue weighted by Gasteiger charge is -2.45. The van der Waals surface area contributed by atoms with Gasteiger partial charge in [0.15, 0.2) is 5.78 Å². The highest BCUT2D eigenvalue weighted by Crippen LogP contribution is 2.57. The Labute approximate surface area is 139 Å². The summed E-state index contributed by atoms with van der Waals surface area (Å²) in [6.45, 7) is 5.49. The number of hydrogen-bond acceptors (Lipinski definition) is 2. The second kappa shape index (κ2) is 5.73. The van der Waals surface area contributed by atoms with E-state index in [4.69, 9.17) is 4.74 Å². The molecule has 0 unspecified atom stereocenters. The van der Waals surface area contributed by atoms with E-state index in [-0.39, 0.29) is 5.41 Å². The maximum absolute atomic E-state index is 11.7. The fraction of sp³-hybridized carbons (Fsp3) is 0.667. The number of carbonyl (C=O) groups excluding carboxylic acids is 1.